The molecule has 0 amide bonds. The van der Waals surface area contributed by atoms with Crippen LogP contribution in [-0.2, 0) is 0 Å². The third-order valence-electron chi connectivity index (χ3n) is 0. The van der Waals surface area contributed by atoms with E-state index in [0.29, 0.717) is 0 Å². The van der Waals surface area contributed by atoms with Crippen LogP contribution in [0.1, 0.15) is 0 Å². The predicted molar refractivity (Wildman–Crippen MR) is 13.3 cm³/mol. The summed E-state index contributed by atoms with van der Waals surface area (Å²) in [5.41, 5.74) is 0. The Morgan fingerprint density at radius 1 is 1.00 bits per heavy atom. The normalized spacial score (nSPS) is 5.40. The minimum atomic E-state index is -5.22. The van der Waals surface area contributed by atoms with Crippen LogP contribution in [0.15, 0.2) is 0 Å². The minimum absolute atomic E-state index is 0. The quantitative estimate of drug-likeness (QED) is 0.513. The second-order valence-corrected chi connectivity index (χ2v) is 1.80. The molecule has 0 aliphatic rings. The molecule has 0 aromatic carbocycles. The van der Waals surface area contributed by atoms with Crippen molar-refractivity contribution in [1.29, 1.82) is 0 Å². The van der Waals surface area contributed by atoms with E-state index in [0.717, 1.165) is 0 Å². The third kappa shape index (κ3) is 29.6. The summed E-state index contributed by atoms with van der Waals surface area (Å²) in [4.78, 5) is 0. The van der Waals surface area contributed by atoms with E-state index in [9.17, 15) is 4.81 Å². The molecule has 0 aliphatic heterocycles. The molecule has 30 valence electrons. The molecule has 0 unspecified atom stereocenters. The van der Waals surface area contributed by atoms with Crippen LogP contribution in [0.5, 0.6) is 0 Å². The molecule has 0 saturated heterocycles. The van der Waals surface area contributed by atoms with Gasteiger partial charge in [-0.2, -0.15) is 0 Å². The first kappa shape index (κ1) is 9.72. The molecule has 0 saturated carbocycles. The third-order valence-corrected chi connectivity index (χ3v) is 0. The van der Waals surface area contributed by atoms with Gasteiger partial charge < -0.3 is 0 Å². The SMILES string of the molecule is [AlH3].[F][La]([F])[F]. The Bertz CT molecular complexity index is 11.6. The molecule has 0 radical (unpaired) electrons. The van der Waals surface area contributed by atoms with Gasteiger partial charge in [0.25, 0.3) is 0 Å². The van der Waals surface area contributed by atoms with Crippen LogP contribution in [0.2, 0.25) is 0 Å². The van der Waals surface area contributed by atoms with Crippen LogP contribution < -0.4 is 0 Å². The summed E-state index contributed by atoms with van der Waals surface area (Å²) >= 11 is -5.22. The number of halogens is 3. The van der Waals surface area contributed by atoms with Gasteiger partial charge in [-0.15, -0.1) is 0 Å². The molecule has 5 heteroatoms. The van der Waals surface area contributed by atoms with E-state index >= 15 is 0 Å². The van der Waals surface area contributed by atoms with E-state index in [-0.39, 0.29) is 17.4 Å². The van der Waals surface area contributed by atoms with Gasteiger partial charge in [-0.3, -0.25) is 0 Å². The Morgan fingerprint density at radius 2 is 1.00 bits per heavy atom. The van der Waals surface area contributed by atoms with Crippen molar-refractivity contribution in [2.45, 2.75) is 0 Å². The summed E-state index contributed by atoms with van der Waals surface area (Å²) < 4.78 is 29.7. The van der Waals surface area contributed by atoms with Crippen molar-refractivity contribution in [3.8, 4) is 0 Å². The summed E-state index contributed by atoms with van der Waals surface area (Å²) in [5, 5.41) is 0. The van der Waals surface area contributed by atoms with Crippen molar-refractivity contribution in [3.05, 3.63) is 0 Å². The maximum atomic E-state index is 9.89. The molecule has 0 fully saturated rings. The van der Waals surface area contributed by atoms with Crippen LogP contribution in [-0.4, -0.2) is 17.4 Å². The van der Waals surface area contributed by atoms with Gasteiger partial charge in [0, 0.05) is 0 Å². The predicted octanol–water partition coefficient (Wildman–Crippen LogP) is 0.0767. The summed E-state index contributed by atoms with van der Waals surface area (Å²) in [7, 11) is 0. The van der Waals surface area contributed by atoms with Gasteiger partial charge >= 0.3 is 37.1 Å². The summed E-state index contributed by atoms with van der Waals surface area (Å²) in [6.45, 7) is 0. The molecule has 5 heavy (non-hydrogen) atoms. The number of hydrogen-bond acceptors (Lipinski definition) is 0. The number of rotatable bonds is 0. The molecule has 0 rings (SSSR count). The van der Waals surface area contributed by atoms with Crippen LogP contribution in [0, 0.1) is 32.2 Å². The Hall–Kier alpha value is 1.52. The molecule has 0 N–H and O–H groups in total. The van der Waals surface area contributed by atoms with Gasteiger partial charge in [0.15, 0.2) is 17.4 Å². The van der Waals surface area contributed by atoms with Crippen LogP contribution >= 0.6 is 0 Å². The second kappa shape index (κ2) is 5.52. The number of hydrogen-bond donors (Lipinski definition) is 0. The van der Waals surface area contributed by atoms with E-state index in [1.165, 1.54) is 0 Å². The van der Waals surface area contributed by atoms with Crippen molar-refractivity contribution in [1.82, 2.24) is 0 Å². The Labute approximate surface area is 53.9 Å². The first-order chi connectivity index (χ1) is 1.73. The molecule has 0 aromatic heterocycles. The summed E-state index contributed by atoms with van der Waals surface area (Å²) in [5.74, 6) is 0. The Morgan fingerprint density at radius 3 is 1.00 bits per heavy atom. The first-order valence-electron chi connectivity index (χ1n) is 0.655. The zero-order valence-corrected chi connectivity index (χ0v) is 5.34. The van der Waals surface area contributed by atoms with E-state index in [4.69, 9.17) is 0 Å². The monoisotopic (exact) mass is 226 g/mol. The van der Waals surface area contributed by atoms with E-state index < -0.39 is 32.2 Å². The van der Waals surface area contributed by atoms with E-state index in [1.807, 2.05) is 0 Å². The molecule has 0 aliphatic carbocycles. The molecule has 0 heterocycles. The fourth-order valence-electron chi connectivity index (χ4n) is 0. The molecule has 0 aromatic rings. The van der Waals surface area contributed by atoms with E-state index in [2.05, 4.69) is 0 Å². The standard InChI is InChI=1S/Al.3FH.La.3H/h;3*1H;;;;/q;;;;+3;;;/p-3. The van der Waals surface area contributed by atoms with Gasteiger partial charge in [-0.1, -0.05) is 0 Å². The van der Waals surface area contributed by atoms with Crippen LogP contribution in [0.3, 0.4) is 0 Å². The molecule has 0 bridgehead atoms. The molecular weight excluding hydrogens is 223 g/mol. The van der Waals surface area contributed by atoms with Gasteiger partial charge in [0.2, 0.25) is 0 Å². The molecule has 0 nitrogen and oxygen atoms in total. The average Bonchev–Trinajstić information content (AvgIpc) is 0.811. The zero-order chi connectivity index (χ0) is 3.58. The second-order valence-electron chi connectivity index (χ2n) is 0.247. The summed E-state index contributed by atoms with van der Waals surface area (Å²) in [6, 6.07) is 0. The van der Waals surface area contributed by atoms with Gasteiger partial charge in [-0.25, -0.2) is 0 Å². The molecular formula is H3AlF3La. The van der Waals surface area contributed by atoms with Gasteiger partial charge in [0.1, 0.15) is 0 Å². The van der Waals surface area contributed by atoms with Gasteiger partial charge in [0.05, 0.1) is 0 Å². The summed E-state index contributed by atoms with van der Waals surface area (Å²) in [6.07, 6.45) is 0. The topological polar surface area (TPSA) is 0 Å². The molecule has 0 spiro atoms. The van der Waals surface area contributed by atoms with Crippen molar-refractivity contribution in [2.75, 3.05) is 0 Å². The van der Waals surface area contributed by atoms with Gasteiger partial charge in [-0.05, 0) is 0 Å². The van der Waals surface area contributed by atoms with Crippen molar-refractivity contribution in [3.63, 3.8) is 0 Å². The Balaban J connectivity index is 0. The van der Waals surface area contributed by atoms with Crippen molar-refractivity contribution >= 4 is 17.4 Å². The molecule has 0 atom stereocenters. The zero-order valence-electron chi connectivity index (χ0n) is 1.71. The average molecular weight is 226 g/mol. The first-order valence-corrected chi connectivity index (χ1v) is 4.77. The van der Waals surface area contributed by atoms with E-state index in [1.54, 1.807) is 0 Å². The fraction of sp³-hybridized carbons (Fsp3) is 0. The fourth-order valence-corrected chi connectivity index (χ4v) is 0. The van der Waals surface area contributed by atoms with Crippen LogP contribution in [0.25, 0.3) is 0 Å². The van der Waals surface area contributed by atoms with Crippen molar-refractivity contribution < 1.29 is 37.1 Å². The van der Waals surface area contributed by atoms with Crippen LogP contribution in [0.4, 0.5) is 4.81 Å². The Kier molecular flexibility index (Phi) is 10.7. The van der Waals surface area contributed by atoms with Crippen molar-refractivity contribution in [2.24, 2.45) is 0 Å². The maximum absolute atomic E-state index is 9.89.